The van der Waals surface area contributed by atoms with Crippen molar-refractivity contribution in [3.63, 3.8) is 0 Å². The van der Waals surface area contributed by atoms with Gasteiger partial charge in [0, 0.05) is 10.0 Å². The first-order valence-electron chi connectivity index (χ1n) is 12.7. The highest BCUT2D eigenvalue weighted by Gasteiger charge is 2.06. The molecular formula is C34H30BrNO5. The number of methoxy groups -OCH3 is 1. The third kappa shape index (κ3) is 9.79. The fourth-order valence-corrected chi connectivity index (χ4v) is 3.99. The molecule has 0 amide bonds. The van der Waals surface area contributed by atoms with Crippen LogP contribution in [0.3, 0.4) is 0 Å². The Morgan fingerprint density at radius 3 is 1.98 bits per heavy atom. The molecule has 0 N–H and O–H groups in total. The normalized spacial score (nSPS) is 10.5. The lowest BCUT2D eigenvalue weighted by atomic mass is 10.1. The van der Waals surface area contributed by atoms with Crippen LogP contribution in [0.4, 0.5) is 0 Å². The summed E-state index contributed by atoms with van der Waals surface area (Å²) in [5, 5.41) is 9.01. The number of benzene rings is 4. The van der Waals surface area contributed by atoms with Gasteiger partial charge in [-0.2, -0.15) is 5.26 Å². The van der Waals surface area contributed by atoms with E-state index in [2.05, 4.69) is 22.0 Å². The summed E-state index contributed by atoms with van der Waals surface area (Å²) in [6.45, 7) is 4.60. The number of nitrogens with zero attached hydrogens (tertiary/aromatic N) is 1. The Hall–Kier alpha value is -4.67. The lowest BCUT2D eigenvalue weighted by Crippen LogP contribution is -1.98. The van der Waals surface area contributed by atoms with Crippen molar-refractivity contribution in [3.05, 3.63) is 128 Å². The number of hydrogen-bond donors (Lipinski definition) is 0. The van der Waals surface area contributed by atoms with Gasteiger partial charge in [0.2, 0.25) is 0 Å². The fraction of sp³-hybridized carbons (Fsp3) is 0.147. The molecule has 7 heteroatoms. The average molecular weight is 613 g/mol. The molecule has 0 saturated carbocycles. The Kier molecular flexibility index (Phi) is 11.9. The van der Waals surface area contributed by atoms with Gasteiger partial charge in [0.05, 0.1) is 24.3 Å². The minimum absolute atomic E-state index is 0.386. The Labute approximate surface area is 248 Å². The van der Waals surface area contributed by atoms with Gasteiger partial charge >= 0.3 is 0 Å². The van der Waals surface area contributed by atoms with E-state index < -0.39 is 0 Å². The monoisotopic (exact) mass is 611 g/mol. The summed E-state index contributed by atoms with van der Waals surface area (Å²) in [6, 6.07) is 28.3. The van der Waals surface area contributed by atoms with Crippen molar-refractivity contribution < 1.29 is 23.8 Å². The first-order valence-corrected chi connectivity index (χ1v) is 13.5. The minimum Gasteiger partial charge on any atom is -0.497 e. The first-order chi connectivity index (χ1) is 19.8. The molecule has 0 saturated heterocycles. The van der Waals surface area contributed by atoms with Gasteiger partial charge in [-0.3, -0.25) is 9.59 Å². The zero-order chi connectivity index (χ0) is 29.6. The van der Waals surface area contributed by atoms with E-state index in [0.29, 0.717) is 47.0 Å². The minimum atomic E-state index is 0.386. The highest BCUT2D eigenvalue weighted by molar-refractivity contribution is 9.10. The molecule has 0 aromatic heterocycles. The maximum Gasteiger partial charge on any atom is 0.153 e. The third-order valence-corrected chi connectivity index (χ3v) is 6.37. The maximum atomic E-state index is 10.9. The van der Waals surface area contributed by atoms with E-state index in [1.54, 1.807) is 50.4 Å². The van der Waals surface area contributed by atoms with Crippen LogP contribution in [0.5, 0.6) is 17.2 Å². The Balaban J connectivity index is 0.000000232. The molecule has 0 radical (unpaired) electrons. The van der Waals surface area contributed by atoms with Crippen LogP contribution in [-0.2, 0) is 18.0 Å². The summed E-state index contributed by atoms with van der Waals surface area (Å²) in [6.07, 6.45) is 3.28. The molecule has 4 aromatic carbocycles. The number of carbonyl (C=O) groups is 2. The zero-order valence-corrected chi connectivity index (χ0v) is 24.7. The number of allylic oxidation sites excluding steroid dienone is 1. The number of rotatable bonds is 10. The topological polar surface area (TPSA) is 85.6 Å². The lowest BCUT2D eigenvalue weighted by molar-refractivity contribution is -0.104. The predicted octanol–water partition coefficient (Wildman–Crippen LogP) is 7.90. The van der Waals surface area contributed by atoms with Crippen LogP contribution in [0.15, 0.2) is 95.0 Å². The van der Waals surface area contributed by atoms with Gasteiger partial charge in [-0.05, 0) is 85.2 Å². The highest BCUT2D eigenvalue weighted by atomic mass is 79.9. The van der Waals surface area contributed by atoms with E-state index in [1.807, 2.05) is 61.5 Å². The largest absolute Gasteiger partial charge is 0.497 e. The molecule has 0 unspecified atom stereocenters. The SMILES string of the molecule is COc1ccc(COc2ccc(C#N)cc2/C=C(\C)C=O)cc1.Cc1ccc(COc2ccc(Br)cc2C=O)cc1. The average Bonchev–Trinajstić information content (AvgIpc) is 3.01. The molecule has 41 heavy (non-hydrogen) atoms. The van der Waals surface area contributed by atoms with Gasteiger partial charge in [-0.1, -0.05) is 57.9 Å². The molecule has 0 heterocycles. The Morgan fingerprint density at radius 1 is 0.829 bits per heavy atom. The van der Waals surface area contributed by atoms with Crippen molar-refractivity contribution in [3.8, 4) is 23.3 Å². The number of hydrogen-bond acceptors (Lipinski definition) is 6. The molecule has 4 rings (SSSR count). The summed E-state index contributed by atoms with van der Waals surface area (Å²) in [5.74, 6) is 2.02. The van der Waals surface area contributed by atoms with Crippen molar-refractivity contribution in [1.82, 2.24) is 0 Å². The molecule has 0 aliphatic rings. The van der Waals surface area contributed by atoms with Gasteiger partial charge in [0.15, 0.2) is 6.29 Å². The number of nitriles is 1. The van der Waals surface area contributed by atoms with E-state index in [0.717, 1.165) is 33.9 Å². The van der Waals surface area contributed by atoms with Gasteiger partial charge in [0.25, 0.3) is 0 Å². The molecule has 6 nitrogen and oxygen atoms in total. The highest BCUT2D eigenvalue weighted by Crippen LogP contribution is 2.25. The number of aryl methyl sites for hydroxylation is 1. The number of halogens is 1. The summed E-state index contributed by atoms with van der Waals surface area (Å²) < 4.78 is 17.5. The molecule has 208 valence electrons. The second kappa shape index (κ2) is 15.8. The molecule has 0 spiro atoms. The summed E-state index contributed by atoms with van der Waals surface area (Å²) in [7, 11) is 1.62. The van der Waals surface area contributed by atoms with Crippen LogP contribution in [0.2, 0.25) is 0 Å². The molecule has 0 atom stereocenters. The summed E-state index contributed by atoms with van der Waals surface area (Å²) >= 11 is 3.33. The standard InChI is InChI=1S/C19H17NO3.C15H13BrO2/c1-14(12-21)9-17-10-16(11-20)5-8-19(17)23-13-15-3-6-18(22-2)7-4-15;1-11-2-4-12(5-3-11)10-18-15-7-6-14(16)8-13(15)9-17/h3-10,12H,13H2,1-2H3;2-9H,10H2,1H3/b14-9+;. The third-order valence-electron chi connectivity index (χ3n) is 5.88. The van der Waals surface area contributed by atoms with Crippen LogP contribution in [-0.4, -0.2) is 19.7 Å². The van der Waals surface area contributed by atoms with E-state index >= 15 is 0 Å². The smallest absolute Gasteiger partial charge is 0.153 e. The maximum absolute atomic E-state index is 10.9. The van der Waals surface area contributed by atoms with Crippen molar-refractivity contribution in [2.24, 2.45) is 0 Å². The van der Waals surface area contributed by atoms with Crippen LogP contribution in [0, 0.1) is 18.3 Å². The van der Waals surface area contributed by atoms with Crippen LogP contribution in [0.1, 0.15) is 45.1 Å². The van der Waals surface area contributed by atoms with Gasteiger partial charge in [-0.25, -0.2) is 0 Å². The summed E-state index contributed by atoms with van der Waals surface area (Å²) in [5.41, 5.74) is 5.65. The fourth-order valence-electron chi connectivity index (χ4n) is 3.61. The Morgan fingerprint density at radius 2 is 1.41 bits per heavy atom. The van der Waals surface area contributed by atoms with E-state index in [-0.39, 0.29) is 0 Å². The van der Waals surface area contributed by atoms with Crippen molar-refractivity contribution in [2.45, 2.75) is 27.1 Å². The zero-order valence-electron chi connectivity index (χ0n) is 23.1. The second-order valence-corrected chi connectivity index (χ2v) is 10.00. The summed E-state index contributed by atoms with van der Waals surface area (Å²) in [4.78, 5) is 21.8. The molecule has 0 fully saturated rings. The Bertz CT molecular complexity index is 1540. The molecular weight excluding hydrogens is 582 g/mol. The quantitative estimate of drug-likeness (QED) is 0.134. The van der Waals surface area contributed by atoms with Gasteiger partial charge < -0.3 is 14.2 Å². The number of ether oxygens (including phenoxy) is 3. The van der Waals surface area contributed by atoms with Gasteiger partial charge in [-0.15, -0.1) is 0 Å². The van der Waals surface area contributed by atoms with Gasteiger partial charge in [0.1, 0.15) is 36.7 Å². The number of aldehydes is 2. The van der Waals surface area contributed by atoms with Crippen LogP contribution >= 0.6 is 15.9 Å². The molecule has 4 aromatic rings. The van der Waals surface area contributed by atoms with E-state index in [9.17, 15) is 9.59 Å². The lowest BCUT2D eigenvalue weighted by Gasteiger charge is -2.10. The molecule has 0 aliphatic carbocycles. The van der Waals surface area contributed by atoms with E-state index in [1.165, 1.54) is 5.56 Å². The molecule has 0 bridgehead atoms. The number of carbonyl (C=O) groups excluding carboxylic acids is 2. The van der Waals surface area contributed by atoms with Crippen molar-refractivity contribution in [1.29, 1.82) is 5.26 Å². The van der Waals surface area contributed by atoms with Crippen LogP contribution in [0.25, 0.3) is 6.08 Å². The second-order valence-electron chi connectivity index (χ2n) is 9.08. The molecule has 0 aliphatic heterocycles. The van der Waals surface area contributed by atoms with Crippen molar-refractivity contribution in [2.75, 3.05) is 7.11 Å². The van der Waals surface area contributed by atoms with E-state index in [4.69, 9.17) is 19.5 Å². The predicted molar refractivity (Wildman–Crippen MR) is 163 cm³/mol. The first kappa shape index (κ1) is 30.9. The van der Waals surface area contributed by atoms with Crippen LogP contribution < -0.4 is 14.2 Å². The van der Waals surface area contributed by atoms with Crippen molar-refractivity contribution >= 4 is 34.6 Å².